The highest BCUT2D eigenvalue weighted by Gasteiger charge is 2.12. The highest BCUT2D eigenvalue weighted by Crippen LogP contribution is 1.95. The molecule has 16 heavy (non-hydrogen) atoms. The van der Waals surface area contributed by atoms with Gasteiger partial charge in [-0.15, -0.1) is 11.6 Å². The predicted octanol–water partition coefficient (Wildman–Crippen LogP) is 0.373. The molecule has 1 aromatic rings. The van der Waals surface area contributed by atoms with Crippen molar-refractivity contribution < 1.29 is 9.59 Å². The summed E-state index contributed by atoms with van der Waals surface area (Å²) in [6, 6.07) is 1.20. The molecule has 1 unspecified atom stereocenters. The SMILES string of the molecule is CC(Cl)C(=O)NC(=O)NCc1ccnn1C. The fraction of sp³-hybridized carbons (Fsp3) is 0.444. The van der Waals surface area contributed by atoms with E-state index in [9.17, 15) is 9.59 Å². The van der Waals surface area contributed by atoms with Gasteiger partial charge in [0.15, 0.2) is 0 Å². The van der Waals surface area contributed by atoms with Crippen LogP contribution in [-0.4, -0.2) is 27.1 Å². The van der Waals surface area contributed by atoms with Gasteiger partial charge in [-0.3, -0.25) is 14.8 Å². The number of hydrogen-bond donors (Lipinski definition) is 2. The Morgan fingerprint density at radius 1 is 1.62 bits per heavy atom. The summed E-state index contributed by atoms with van der Waals surface area (Å²) in [4.78, 5) is 22.3. The second kappa shape index (κ2) is 5.50. The quantitative estimate of drug-likeness (QED) is 0.755. The van der Waals surface area contributed by atoms with Crippen LogP contribution in [0.1, 0.15) is 12.6 Å². The highest BCUT2D eigenvalue weighted by atomic mass is 35.5. The van der Waals surface area contributed by atoms with Crippen molar-refractivity contribution in [3.8, 4) is 0 Å². The molecule has 1 atom stereocenters. The minimum absolute atomic E-state index is 0.298. The van der Waals surface area contributed by atoms with Crippen molar-refractivity contribution in [2.45, 2.75) is 18.8 Å². The number of carbonyl (C=O) groups is 2. The van der Waals surface area contributed by atoms with Crippen LogP contribution in [0.15, 0.2) is 12.3 Å². The summed E-state index contributed by atoms with van der Waals surface area (Å²) in [5.74, 6) is -0.524. The van der Waals surface area contributed by atoms with Crippen LogP contribution in [0, 0.1) is 0 Å². The van der Waals surface area contributed by atoms with Gasteiger partial charge in [-0.1, -0.05) is 0 Å². The fourth-order valence-electron chi connectivity index (χ4n) is 1.00. The molecule has 0 saturated heterocycles. The lowest BCUT2D eigenvalue weighted by Crippen LogP contribution is -2.42. The van der Waals surface area contributed by atoms with Crippen LogP contribution < -0.4 is 10.6 Å². The van der Waals surface area contributed by atoms with Crippen molar-refractivity contribution >= 4 is 23.5 Å². The largest absolute Gasteiger partial charge is 0.332 e. The fourth-order valence-corrected chi connectivity index (χ4v) is 1.06. The average Bonchev–Trinajstić information content (AvgIpc) is 2.61. The van der Waals surface area contributed by atoms with Gasteiger partial charge in [0.1, 0.15) is 5.38 Å². The second-order valence-electron chi connectivity index (χ2n) is 3.23. The van der Waals surface area contributed by atoms with Gasteiger partial charge in [0.05, 0.1) is 12.2 Å². The van der Waals surface area contributed by atoms with Gasteiger partial charge in [-0.2, -0.15) is 5.10 Å². The first-order valence-electron chi connectivity index (χ1n) is 4.70. The molecule has 0 aliphatic carbocycles. The summed E-state index contributed by atoms with van der Waals surface area (Å²) >= 11 is 5.49. The van der Waals surface area contributed by atoms with Crippen LogP contribution in [-0.2, 0) is 18.4 Å². The summed E-state index contributed by atoms with van der Waals surface area (Å²) in [5.41, 5.74) is 0.835. The van der Waals surface area contributed by atoms with Gasteiger partial charge in [0.25, 0.3) is 0 Å². The Morgan fingerprint density at radius 2 is 2.31 bits per heavy atom. The molecule has 0 bridgehead atoms. The minimum atomic E-state index is -0.734. The molecular weight excluding hydrogens is 232 g/mol. The van der Waals surface area contributed by atoms with E-state index in [0.29, 0.717) is 6.54 Å². The average molecular weight is 245 g/mol. The van der Waals surface area contributed by atoms with E-state index < -0.39 is 17.3 Å². The number of alkyl halides is 1. The summed E-state index contributed by atoms with van der Waals surface area (Å²) < 4.78 is 1.63. The number of halogens is 1. The van der Waals surface area contributed by atoms with Crippen molar-refractivity contribution in [3.63, 3.8) is 0 Å². The third kappa shape index (κ3) is 3.54. The summed E-state index contributed by atoms with van der Waals surface area (Å²) in [6.07, 6.45) is 1.63. The van der Waals surface area contributed by atoms with E-state index in [1.54, 1.807) is 24.0 Å². The Bertz CT molecular complexity index is 389. The lowest BCUT2D eigenvalue weighted by molar-refractivity contribution is -0.119. The van der Waals surface area contributed by atoms with E-state index in [1.807, 2.05) is 0 Å². The molecular formula is C9H13ClN4O2. The van der Waals surface area contributed by atoms with Crippen LogP contribution in [0.3, 0.4) is 0 Å². The molecule has 0 aliphatic rings. The van der Waals surface area contributed by atoms with E-state index in [1.165, 1.54) is 6.92 Å². The number of aryl methyl sites for hydroxylation is 1. The monoisotopic (exact) mass is 244 g/mol. The smallest absolute Gasteiger partial charge is 0.321 e. The van der Waals surface area contributed by atoms with Crippen LogP contribution in [0.4, 0.5) is 4.79 Å². The molecule has 1 aromatic heterocycles. The summed E-state index contributed by atoms with van der Waals surface area (Å²) in [7, 11) is 1.76. The highest BCUT2D eigenvalue weighted by molar-refractivity contribution is 6.31. The number of hydrogen-bond acceptors (Lipinski definition) is 3. The molecule has 7 heteroatoms. The first kappa shape index (κ1) is 12.5. The van der Waals surface area contributed by atoms with Gasteiger partial charge < -0.3 is 5.32 Å². The first-order valence-corrected chi connectivity index (χ1v) is 5.14. The zero-order valence-electron chi connectivity index (χ0n) is 9.03. The molecule has 2 N–H and O–H groups in total. The molecule has 3 amide bonds. The van der Waals surface area contributed by atoms with E-state index in [-0.39, 0.29) is 0 Å². The molecule has 1 heterocycles. The zero-order chi connectivity index (χ0) is 12.1. The van der Waals surface area contributed by atoms with Crippen LogP contribution in [0.2, 0.25) is 0 Å². The van der Waals surface area contributed by atoms with Gasteiger partial charge in [-0.25, -0.2) is 4.79 Å². The zero-order valence-corrected chi connectivity index (χ0v) is 9.78. The van der Waals surface area contributed by atoms with Crippen molar-refractivity contribution in [2.75, 3.05) is 0 Å². The Labute approximate surface area is 98.0 Å². The normalized spacial score (nSPS) is 11.9. The molecule has 0 spiro atoms. The topological polar surface area (TPSA) is 76.0 Å². The number of rotatable bonds is 3. The van der Waals surface area contributed by atoms with Crippen LogP contribution in [0.5, 0.6) is 0 Å². The van der Waals surface area contributed by atoms with E-state index in [0.717, 1.165) is 5.69 Å². The molecule has 0 fully saturated rings. The van der Waals surface area contributed by atoms with Gasteiger partial charge in [-0.05, 0) is 13.0 Å². The van der Waals surface area contributed by atoms with Crippen molar-refractivity contribution in [3.05, 3.63) is 18.0 Å². The van der Waals surface area contributed by atoms with Gasteiger partial charge in [0, 0.05) is 13.2 Å². The summed E-state index contributed by atoms with van der Waals surface area (Å²) in [6.45, 7) is 1.79. The number of aromatic nitrogens is 2. The minimum Gasteiger partial charge on any atom is -0.332 e. The van der Waals surface area contributed by atoms with Crippen molar-refractivity contribution in [1.82, 2.24) is 20.4 Å². The van der Waals surface area contributed by atoms with Crippen molar-refractivity contribution in [1.29, 1.82) is 0 Å². The molecule has 0 saturated carbocycles. The number of nitrogens with one attached hydrogen (secondary N) is 2. The van der Waals surface area contributed by atoms with E-state index >= 15 is 0 Å². The number of carbonyl (C=O) groups excluding carboxylic acids is 2. The molecule has 6 nitrogen and oxygen atoms in total. The standard InChI is InChI=1S/C9H13ClN4O2/c1-6(10)8(15)13-9(16)11-5-7-3-4-12-14(7)2/h3-4,6H,5H2,1-2H3,(H2,11,13,15,16). The van der Waals surface area contributed by atoms with Crippen LogP contribution in [0.25, 0.3) is 0 Å². The maximum absolute atomic E-state index is 11.2. The maximum Gasteiger partial charge on any atom is 0.321 e. The summed E-state index contributed by atoms with van der Waals surface area (Å²) in [5, 5.41) is 7.84. The Kier molecular flexibility index (Phi) is 4.30. The lowest BCUT2D eigenvalue weighted by atomic mass is 10.4. The third-order valence-electron chi connectivity index (χ3n) is 1.95. The number of imide groups is 1. The predicted molar refractivity (Wildman–Crippen MR) is 58.9 cm³/mol. The molecule has 1 rings (SSSR count). The van der Waals surface area contributed by atoms with E-state index in [4.69, 9.17) is 11.6 Å². The Hall–Kier alpha value is -1.56. The number of nitrogens with zero attached hydrogens (tertiary/aromatic N) is 2. The van der Waals surface area contributed by atoms with Gasteiger partial charge in [0.2, 0.25) is 5.91 Å². The Balaban J connectivity index is 2.36. The van der Waals surface area contributed by atoms with Gasteiger partial charge >= 0.3 is 6.03 Å². The second-order valence-corrected chi connectivity index (χ2v) is 3.89. The lowest BCUT2D eigenvalue weighted by Gasteiger charge is -2.07. The number of urea groups is 1. The molecule has 0 aromatic carbocycles. The molecule has 88 valence electrons. The Morgan fingerprint density at radius 3 is 2.81 bits per heavy atom. The maximum atomic E-state index is 11.2. The first-order chi connectivity index (χ1) is 7.50. The molecule has 0 aliphatic heterocycles. The van der Waals surface area contributed by atoms with Crippen LogP contribution >= 0.6 is 11.6 Å². The molecule has 0 radical (unpaired) electrons. The number of amides is 3. The van der Waals surface area contributed by atoms with E-state index in [2.05, 4.69) is 15.7 Å². The third-order valence-corrected chi connectivity index (χ3v) is 2.15. The van der Waals surface area contributed by atoms with Crippen molar-refractivity contribution in [2.24, 2.45) is 7.05 Å².